The number of nitrogens with two attached hydrogens (primary N) is 1. The van der Waals surface area contributed by atoms with Crippen LogP contribution >= 0.6 is 0 Å². The molecule has 6 heteroatoms. The highest BCUT2D eigenvalue weighted by molar-refractivity contribution is 5.95. The standard InChI is InChI=1S/C13H25N5O/c1-10(9-17(3)4)16-13(19)12-8-15-18(11(12)2)7-5-6-14/h8,10H,5-7,9,14H2,1-4H3,(H,16,19). The average Bonchev–Trinajstić information content (AvgIpc) is 2.66. The lowest BCUT2D eigenvalue weighted by molar-refractivity contribution is 0.0933. The van der Waals surface area contributed by atoms with E-state index in [0.29, 0.717) is 12.1 Å². The van der Waals surface area contributed by atoms with E-state index >= 15 is 0 Å². The first-order chi connectivity index (χ1) is 8.95. The molecule has 1 amide bonds. The number of amides is 1. The van der Waals surface area contributed by atoms with Crippen LogP contribution in [-0.4, -0.2) is 53.8 Å². The van der Waals surface area contributed by atoms with Crippen LogP contribution in [0.2, 0.25) is 0 Å². The van der Waals surface area contributed by atoms with Crippen LogP contribution in [-0.2, 0) is 6.54 Å². The van der Waals surface area contributed by atoms with Crippen molar-refractivity contribution in [3.05, 3.63) is 17.5 Å². The summed E-state index contributed by atoms with van der Waals surface area (Å²) >= 11 is 0. The molecule has 0 aliphatic rings. The van der Waals surface area contributed by atoms with Gasteiger partial charge in [-0.2, -0.15) is 5.10 Å². The minimum absolute atomic E-state index is 0.0640. The molecule has 108 valence electrons. The van der Waals surface area contributed by atoms with Crippen molar-refractivity contribution in [2.24, 2.45) is 5.73 Å². The van der Waals surface area contributed by atoms with E-state index < -0.39 is 0 Å². The number of nitrogens with one attached hydrogen (secondary N) is 1. The molecule has 1 heterocycles. The molecule has 6 nitrogen and oxygen atoms in total. The third-order valence-corrected chi connectivity index (χ3v) is 2.94. The number of carbonyl (C=O) groups is 1. The minimum Gasteiger partial charge on any atom is -0.348 e. The number of aryl methyl sites for hydroxylation is 1. The van der Waals surface area contributed by atoms with Crippen molar-refractivity contribution in [2.45, 2.75) is 32.9 Å². The smallest absolute Gasteiger partial charge is 0.254 e. The summed E-state index contributed by atoms with van der Waals surface area (Å²) in [5.41, 5.74) is 7.01. The first-order valence-corrected chi connectivity index (χ1v) is 6.63. The fraction of sp³-hybridized carbons (Fsp3) is 0.692. The largest absolute Gasteiger partial charge is 0.348 e. The number of carbonyl (C=O) groups excluding carboxylic acids is 1. The van der Waals surface area contributed by atoms with Gasteiger partial charge >= 0.3 is 0 Å². The molecule has 1 aromatic heterocycles. The highest BCUT2D eigenvalue weighted by Crippen LogP contribution is 2.08. The van der Waals surface area contributed by atoms with Gasteiger partial charge in [-0.25, -0.2) is 0 Å². The summed E-state index contributed by atoms with van der Waals surface area (Å²) < 4.78 is 1.83. The van der Waals surface area contributed by atoms with E-state index in [1.54, 1.807) is 6.20 Å². The minimum atomic E-state index is -0.0640. The van der Waals surface area contributed by atoms with Gasteiger partial charge in [0.2, 0.25) is 0 Å². The Hall–Kier alpha value is -1.40. The fourth-order valence-corrected chi connectivity index (χ4v) is 2.03. The molecule has 3 N–H and O–H groups in total. The zero-order valence-corrected chi connectivity index (χ0v) is 12.3. The van der Waals surface area contributed by atoms with Crippen molar-refractivity contribution in [2.75, 3.05) is 27.2 Å². The number of nitrogens with zero attached hydrogens (tertiary/aromatic N) is 3. The predicted molar refractivity (Wildman–Crippen MR) is 76.1 cm³/mol. The van der Waals surface area contributed by atoms with Gasteiger partial charge in [0.15, 0.2) is 0 Å². The Balaban J connectivity index is 2.64. The Kier molecular flexibility index (Phi) is 5.98. The van der Waals surface area contributed by atoms with Crippen LogP contribution in [0, 0.1) is 6.92 Å². The summed E-state index contributed by atoms with van der Waals surface area (Å²) in [6.45, 7) is 6.09. The van der Waals surface area contributed by atoms with Crippen LogP contribution in [0.1, 0.15) is 29.4 Å². The second kappa shape index (κ2) is 7.25. The number of hydrogen-bond donors (Lipinski definition) is 2. The van der Waals surface area contributed by atoms with Gasteiger partial charge in [-0.15, -0.1) is 0 Å². The molecule has 1 atom stereocenters. The van der Waals surface area contributed by atoms with Crippen molar-refractivity contribution in [1.82, 2.24) is 20.0 Å². The van der Waals surface area contributed by atoms with E-state index in [0.717, 1.165) is 25.2 Å². The molecule has 0 aromatic carbocycles. The van der Waals surface area contributed by atoms with Gasteiger partial charge in [0.1, 0.15) is 0 Å². The van der Waals surface area contributed by atoms with Crippen LogP contribution in [0.5, 0.6) is 0 Å². The van der Waals surface area contributed by atoms with Crippen molar-refractivity contribution < 1.29 is 4.79 Å². The second-order valence-corrected chi connectivity index (χ2v) is 5.15. The molecular formula is C13H25N5O. The quantitative estimate of drug-likeness (QED) is 0.741. The van der Waals surface area contributed by atoms with E-state index in [2.05, 4.69) is 10.4 Å². The Morgan fingerprint density at radius 1 is 1.58 bits per heavy atom. The maximum absolute atomic E-state index is 12.1. The van der Waals surface area contributed by atoms with Crippen LogP contribution in [0.4, 0.5) is 0 Å². The molecule has 0 bridgehead atoms. The van der Waals surface area contributed by atoms with Crippen LogP contribution in [0.3, 0.4) is 0 Å². The van der Waals surface area contributed by atoms with E-state index in [9.17, 15) is 4.79 Å². The Labute approximate surface area is 114 Å². The van der Waals surface area contributed by atoms with E-state index in [1.165, 1.54) is 0 Å². The highest BCUT2D eigenvalue weighted by Gasteiger charge is 2.16. The van der Waals surface area contributed by atoms with Gasteiger partial charge in [-0.05, 0) is 40.9 Å². The molecule has 1 rings (SSSR count). The lowest BCUT2D eigenvalue weighted by atomic mass is 10.2. The summed E-state index contributed by atoms with van der Waals surface area (Å²) in [4.78, 5) is 14.2. The third kappa shape index (κ3) is 4.65. The zero-order chi connectivity index (χ0) is 14.4. The second-order valence-electron chi connectivity index (χ2n) is 5.15. The normalized spacial score (nSPS) is 12.7. The van der Waals surface area contributed by atoms with Crippen LogP contribution in [0.25, 0.3) is 0 Å². The summed E-state index contributed by atoms with van der Waals surface area (Å²) in [6, 6.07) is 0.106. The highest BCUT2D eigenvalue weighted by atomic mass is 16.1. The fourth-order valence-electron chi connectivity index (χ4n) is 2.03. The number of rotatable bonds is 7. The van der Waals surface area contributed by atoms with Crippen LogP contribution < -0.4 is 11.1 Å². The molecule has 0 fully saturated rings. The molecule has 0 aliphatic heterocycles. The van der Waals surface area contributed by atoms with Crippen molar-refractivity contribution in [1.29, 1.82) is 0 Å². The lowest BCUT2D eigenvalue weighted by Gasteiger charge is -2.18. The molecule has 0 saturated heterocycles. The van der Waals surface area contributed by atoms with Crippen molar-refractivity contribution in [3.63, 3.8) is 0 Å². The van der Waals surface area contributed by atoms with Crippen molar-refractivity contribution >= 4 is 5.91 Å². The van der Waals surface area contributed by atoms with Gasteiger partial charge in [0.25, 0.3) is 5.91 Å². The summed E-state index contributed by atoms with van der Waals surface area (Å²) in [5.74, 6) is -0.0640. The molecule has 0 saturated carbocycles. The average molecular weight is 267 g/mol. The number of hydrogen-bond acceptors (Lipinski definition) is 4. The monoisotopic (exact) mass is 267 g/mol. The van der Waals surface area contributed by atoms with Gasteiger partial charge in [-0.3, -0.25) is 9.48 Å². The van der Waals surface area contributed by atoms with E-state index in [1.807, 2.05) is 37.5 Å². The summed E-state index contributed by atoms with van der Waals surface area (Å²) in [6.07, 6.45) is 2.49. The first kappa shape index (κ1) is 15.7. The molecule has 1 aromatic rings. The van der Waals surface area contributed by atoms with Gasteiger partial charge < -0.3 is 16.0 Å². The molecule has 0 radical (unpaired) electrons. The topological polar surface area (TPSA) is 76.2 Å². The summed E-state index contributed by atoms with van der Waals surface area (Å²) in [5, 5.41) is 7.21. The van der Waals surface area contributed by atoms with E-state index in [-0.39, 0.29) is 11.9 Å². The first-order valence-electron chi connectivity index (χ1n) is 6.63. The Bertz CT molecular complexity index is 413. The van der Waals surface area contributed by atoms with Crippen LogP contribution in [0.15, 0.2) is 6.20 Å². The molecule has 0 aliphatic carbocycles. The predicted octanol–water partition coefficient (Wildman–Crippen LogP) is 0.220. The van der Waals surface area contributed by atoms with Gasteiger partial charge in [0.05, 0.1) is 11.8 Å². The SMILES string of the molecule is Cc1c(C(=O)NC(C)CN(C)C)cnn1CCCN. The molecular weight excluding hydrogens is 242 g/mol. The maximum atomic E-state index is 12.1. The molecule has 19 heavy (non-hydrogen) atoms. The molecule has 1 unspecified atom stereocenters. The van der Waals surface area contributed by atoms with Crippen molar-refractivity contribution in [3.8, 4) is 0 Å². The Morgan fingerprint density at radius 2 is 2.26 bits per heavy atom. The summed E-state index contributed by atoms with van der Waals surface area (Å²) in [7, 11) is 3.97. The maximum Gasteiger partial charge on any atom is 0.254 e. The lowest BCUT2D eigenvalue weighted by Crippen LogP contribution is -2.39. The molecule has 0 spiro atoms. The zero-order valence-electron chi connectivity index (χ0n) is 12.3. The third-order valence-electron chi connectivity index (χ3n) is 2.94. The number of aromatic nitrogens is 2. The van der Waals surface area contributed by atoms with Gasteiger partial charge in [-0.1, -0.05) is 0 Å². The van der Waals surface area contributed by atoms with E-state index in [4.69, 9.17) is 5.73 Å². The number of likely N-dealkylation sites (N-methyl/N-ethyl adjacent to an activating group) is 1. The Morgan fingerprint density at radius 3 is 2.84 bits per heavy atom. The van der Waals surface area contributed by atoms with Gasteiger partial charge in [0, 0.05) is 24.8 Å².